The zero-order valence-electron chi connectivity index (χ0n) is 9.04. The minimum Gasteiger partial charge on any atom is -0.508 e. The lowest BCUT2D eigenvalue weighted by atomic mass is 10.0. The van der Waals surface area contributed by atoms with Gasteiger partial charge in [0, 0.05) is 23.6 Å². The van der Waals surface area contributed by atoms with Crippen molar-refractivity contribution in [1.82, 2.24) is 10.3 Å². The van der Waals surface area contributed by atoms with Crippen LogP contribution in [0.4, 0.5) is 0 Å². The minimum absolute atomic E-state index is 0.319. The molecule has 0 amide bonds. The van der Waals surface area contributed by atoms with E-state index in [-0.39, 0.29) is 0 Å². The van der Waals surface area contributed by atoms with Gasteiger partial charge in [-0.1, -0.05) is 6.92 Å². The van der Waals surface area contributed by atoms with Gasteiger partial charge < -0.3 is 15.4 Å². The number of hydrogen-bond donors (Lipinski definition) is 3. The third kappa shape index (κ3) is 1.83. The first-order valence-corrected chi connectivity index (χ1v) is 5.17. The van der Waals surface area contributed by atoms with Crippen LogP contribution in [0, 0.1) is 0 Å². The molecule has 1 atom stereocenters. The van der Waals surface area contributed by atoms with Gasteiger partial charge in [0.05, 0.1) is 0 Å². The van der Waals surface area contributed by atoms with Gasteiger partial charge in [0.1, 0.15) is 5.75 Å². The van der Waals surface area contributed by atoms with Crippen LogP contribution in [0.2, 0.25) is 0 Å². The molecule has 0 aliphatic rings. The number of benzene rings is 1. The van der Waals surface area contributed by atoms with Gasteiger partial charge in [0.25, 0.3) is 0 Å². The van der Waals surface area contributed by atoms with Crippen LogP contribution < -0.4 is 5.32 Å². The van der Waals surface area contributed by atoms with Crippen molar-refractivity contribution in [3.63, 3.8) is 0 Å². The van der Waals surface area contributed by atoms with E-state index in [2.05, 4.69) is 17.2 Å². The number of hydrogen-bond acceptors (Lipinski definition) is 2. The number of aromatic amines is 1. The zero-order chi connectivity index (χ0) is 10.8. The minimum atomic E-state index is 0.319. The molecule has 0 radical (unpaired) electrons. The second-order valence-corrected chi connectivity index (χ2v) is 3.93. The van der Waals surface area contributed by atoms with Gasteiger partial charge in [-0.15, -0.1) is 0 Å². The highest BCUT2D eigenvalue weighted by atomic mass is 16.3. The summed E-state index contributed by atoms with van der Waals surface area (Å²) in [5, 5.41) is 13.7. The van der Waals surface area contributed by atoms with Crippen LogP contribution in [0.25, 0.3) is 10.9 Å². The number of phenolic OH excluding ortho intramolecular Hbond substituents is 1. The van der Waals surface area contributed by atoms with Gasteiger partial charge in [0.15, 0.2) is 0 Å². The highest BCUT2D eigenvalue weighted by molar-refractivity contribution is 5.85. The summed E-state index contributed by atoms with van der Waals surface area (Å²) < 4.78 is 0. The number of H-pyrrole nitrogens is 1. The molecule has 0 fully saturated rings. The van der Waals surface area contributed by atoms with E-state index in [1.54, 1.807) is 6.07 Å². The smallest absolute Gasteiger partial charge is 0.116 e. The summed E-state index contributed by atoms with van der Waals surface area (Å²) in [6, 6.07) is 5.42. The predicted molar refractivity (Wildman–Crippen MR) is 62.3 cm³/mol. The summed E-state index contributed by atoms with van der Waals surface area (Å²) in [5.41, 5.74) is 2.32. The lowest BCUT2D eigenvalue weighted by Gasteiger charge is -2.09. The lowest BCUT2D eigenvalue weighted by Crippen LogP contribution is -2.14. The van der Waals surface area contributed by atoms with Crippen molar-refractivity contribution in [2.24, 2.45) is 0 Å². The summed E-state index contributed by atoms with van der Waals surface area (Å²) in [5.74, 6) is 0.755. The summed E-state index contributed by atoms with van der Waals surface area (Å²) in [6.45, 7) is 3.10. The van der Waals surface area contributed by atoms with E-state index in [1.165, 1.54) is 5.56 Å². The molecule has 1 unspecified atom stereocenters. The van der Waals surface area contributed by atoms with Crippen molar-refractivity contribution in [2.75, 3.05) is 13.6 Å². The van der Waals surface area contributed by atoms with Crippen molar-refractivity contribution in [3.05, 3.63) is 30.0 Å². The second kappa shape index (κ2) is 3.95. The summed E-state index contributed by atoms with van der Waals surface area (Å²) in [6.07, 6.45) is 2.02. The maximum absolute atomic E-state index is 9.46. The number of rotatable bonds is 3. The first-order valence-electron chi connectivity index (χ1n) is 5.17. The molecule has 0 saturated heterocycles. The number of phenols is 1. The van der Waals surface area contributed by atoms with Crippen LogP contribution in [-0.2, 0) is 0 Å². The van der Waals surface area contributed by atoms with Crippen LogP contribution in [0.5, 0.6) is 5.75 Å². The molecule has 2 aromatic rings. The molecule has 2 rings (SSSR count). The number of nitrogens with one attached hydrogen (secondary N) is 2. The predicted octanol–water partition coefficient (Wildman–Crippen LogP) is 2.20. The largest absolute Gasteiger partial charge is 0.508 e. The Morgan fingerprint density at radius 1 is 1.47 bits per heavy atom. The topological polar surface area (TPSA) is 48.0 Å². The molecule has 0 bridgehead atoms. The molecule has 3 heteroatoms. The molecule has 0 spiro atoms. The Hall–Kier alpha value is -1.48. The maximum Gasteiger partial charge on any atom is 0.116 e. The number of aromatic nitrogens is 1. The quantitative estimate of drug-likeness (QED) is 0.717. The first kappa shape index (κ1) is 10.1. The van der Waals surface area contributed by atoms with Crippen molar-refractivity contribution in [1.29, 1.82) is 0 Å². The third-order valence-corrected chi connectivity index (χ3v) is 2.74. The SMILES string of the molecule is CNCC(C)c1c[nH]c2ccc(O)cc12. The van der Waals surface area contributed by atoms with Gasteiger partial charge >= 0.3 is 0 Å². The Bertz CT molecular complexity index is 462. The van der Waals surface area contributed by atoms with E-state index >= 15 is 0 Å². The van der Waals surface area contributed by atoms with Gasteiger partial charge in [-0.3, -0.25) is 0 Å². The summed E-state index contributed by atoms with van der Waals surface area (Å²) in [7, 11) is 1.95. The van der Waals surface area contributed by atoms with Crippen LogP contribution in [-0.4, -0.2) is 23.7 Å². The van der Waals surface area contributed by atoms with Gasteiger partial charge in [-0.05, 0) is 36.7 Å². The van der Waals surface area contributed by atoms with Gasteiger partial charge in [-0.2, -0.15) is 0 Å². The number of fused-ring (bicyclic) bond motifs is 1. The molecule has 3 nitrogen and oxygen atoms in total. The third-order valence-electron chi connectivity index (χ3n) is 2.74. The Morgan fingerprint density at radius 3 is 3.00 bits per heavy atom. The fourth-order valence-corrected chi connectivity index (χ4v) is 1.95. The van der Waals surface area contributed by atoms with Crippen molar-refractivity contribution in [2.45, 2.75) is 12.8 Å². The Balaban J connectivity index is 2.47. The zero-order valence-corrected chi connectivity index (χ0v) is 9.04. The maximum atomic E-state index is 9.46. The van der Waals surface area contributed by atoms with E-state index in [4.69, 9.17) is 0 Å². The molecule has 3 N–H and O–H groups in total. The van der Waals surface area contributed by atoms with Gasteiger partial charge in [0.2, 0.25) is 0 Å². The fraction of sp³-hybridized carbons (Fsp3) is 0.333. The van der Waals surface area contributed by atoms with Crippen molar-refractivity contribution >= 4 is 10.9 Å². The second-order valence-electron chi connectivity index (χ2n) is 3.93. The molecular weight excluding hydrogens is 188 g/mol. The fourth-order valence-electron chi connectivity index (χ4n) is 1.95. The first-order chi connectivity index (χ1) is 7.22. The molecule has 0 aliphatic carbocycles. The highest BCUT2D eigenvalue weighted by Gasteiger charge is 2.10. The molecule has 0 aliphatic heterocycles. The molecule has 1 aromatic heterocycles. The Kier molecular flexibility index (Phi) is 2.64. The molecule has 15 heavy (non-hydrogen) atoms. The van der Waals surface area contributed by atoms with Crippen molar-refractivity contribution < 1.29 is 5.11 Å². The number of aromatic hydroxyl groups is 1. The summed E-state index contributed by atoms with van der Waals surface area (Å²) >= 11 is 0. The Morgan fingerprint density at radius 2 is 2.27 bits per heavy atom. The van der Waals surface area contributed by atoms with E-state index in [0.29, 0.717) is 11.7 Å². The molecule has 1 heterocycles. The van der Waals surface area contributed by atoms with E-state index < -0.39 is 0 Å². The molecular formula is C12H16N2O. The molecule has 0 saturated carbocycles. The van der Waals surface area contributed by atoms with Crippen LogP contribution in [0.3, 0.4) is 0 Å². The highest BCUT2D eigenvalue weighted by Crippen LogP contribution is 2.27. The van der Waals surface area contributed by atoms with Crippen LogP contribution in [0.1, 0.15) is 18.4 Å². The lowest BCUT2D eigenvalue weighted by molar-refractivity contribution is 0.476. The summed E-state index contributed by atoms with van der Waals surface area (Å²) in [4.78, 5) is 3.22. The van der Waals surface area contributed by atoms with E-state index in [9.17, 15) is 5.11 Å². The Labute approximate surface area is 89.1 Å². The van der Waals surface area contributed by atoms with Crippen LogP contribution >= 0.6 is 0 Å². The normalized spacial score (nSPS) is 13.2. The van der Waals surface area contributed by atoms with E-state index in [0.717, 1.165) is 17.4 Å². The standard InChI is InChI=1S/C12H16N2O/c1-8(6-13-2)11-7-14-12-4-3-9(15)5-10(11)12/h3-5,7-8,13-15H,6H2,1-2H3. The monoisotopic (exact) mass is 204 g/mol. The molecule has 80 valence electrons. The number of likely N-dealkylation sites (N-methyl/N-ethyl adjacent to an activating group) is 1. The van der Waals surface area contributed by atoms with Crippen molar-refractivity contribution in [3.8, 4) is 5.75 Å². The van der Waals surface area contributed by atoms with Gasteiger partial charge in [-0.25, -0.2) is 0 Å². The molecule has 1 aromatic carbocycles. The average molecular weight is 204 g/mol. The van der Waals surface area contributed by atoms with Crippen LogP contribution in [0.15, 0.2) is 24.4 Å². The van der Waals surface area contributed by atoms with E-state index in [1.807, 2.05) is 25.4 Å². The average Bonchev–Trinajstić information content (AvgIpc) is 2.60.